The first kappa shape index (κ1) is 22.8. The molecule has 11 heteroatoms. The lowest BCUT2D eigenvalue weighted by Gasteiger charge is -2.12. The summed E-state index contributed by atoms with van der Waals surface area (Å²) in [5.74, 6) is -1.56. The van der Waals surface area contributed by atoms with Crippen LogP contribution in [-0.4, -0.2) is 32.9 Å². The van der Waals surface area contributed by atoms with Gasteiger partial charge in [-0.25, -0.2) is 17.9 Å². The summed E-state index contributed by atoms with van der Waals surface area (Å²) < 4.78 is 32.3. The van der Waals surface area contributed by atoms with Crippen LogP contribution in [0.4, 0.5) is 5.69 Å². The summed E-state index contributed by atoms with van der Waals surface area (Å²) in [6.45, 7) is 1.21. The molecule has 0 unspecified atom stereocenters. The third-order valence-electron chi connectivity index (χ3n) is 4.22. The molecule has 0 bridgehead atoms. The maximum absolute atomic E-state index is 12.4. The number of hydrogen-bond acceptors (Lipinski definition) is 5. The van der Waals surface area contributed by atoms with E-state index in [1.54, 1.807) is 18.2 Å². The monoisotopic (exact) mass is 490 g/mol. The molecular weight excluding hydrogens is 475 g/mol. The van der Waals surface area contributed by atoms with E-state index in [1.807, 2.05) is 6.92 Å². The van der Waals surface area contributed by atoms with Crippen molar-refractivity contribution < 1.29 is 22.7 Å². The molecule has 0 heterocycles. The minimum Gasteiger partial charge on any atom is -0.452 e. The number of halogens is 3. The predicted molar refractivity (Wildman–Crippen MR) is 115 cm³/mol. The Morgan fingerprint density at radius 2 is 1.77 bits per heavy atom. The van der Waals surface area contributed by atoms with Crippen molar-refractivity contribution in [1.29, 1.82) is 0 Å². The molecule has 0 spiro atoms. The van der Waals surface area contributed by atoms with Crippen LogP contribution in [0.25, 0.3) is 0 Å². The quantitative estimate of drug-likeness (QED) is 0.566. The number of amides is 1. The van der Waals surface area contributed by atoms with Crippen molar-refractivity contribution in [2.75, 3.05) is 11.9 Å². The number of rotatable bonds is 7. The van der Waals surface area contributed by atoms with Crippen LogP contribution < -0.4 is 10.0 Å². The van der Waals surface area contributed by atoms with Crippen LogP contribution in [0.1, 0.15) is 28.8 Å². The Morgan fingerprint density at radius 3 is 2.40 bits per heavy atom. The molecule has 0 aliphatic heterocycles. The predicted octanol–water partition coefficient (Wildman–Crippen LogP) is 4.19. The molecule has 1 amide bonds. The second-order valence-electron chi connectivity index (χ2n) is 6.75. The Labute approximate surface area is 188 Å². The van der Waals surface area contributed by atoms with Crippen molar-refractivity contribution in [1.82, 2.24) is 4.72 Å². The summed E-state index contributed by atoms with van der Waals surface area (Å²) in [6, 6.07) is 6.99. The first-order chi connectivity index (χ1) is 14.1. The van der Waals surface area contributed by atoms with E-state index in [-0.39, 0.29) is 26.5 Å². The van der Waals surface area contributed by atoms with Crippen molar-refractivity contribution in [2.45, 2.75) is 30.7 Å². The minimum atomic E-state index is -3.92. The lowest BCUT2D eigenvalue weighted by Crippen LogP contribution is -2.26. The molecule has 0 atom stereocenters. The van der Waals surface area contributed by atoms with Crippen molar-refractivity contribution in [3.8, 4) is 0 Å². The summed E-state index contributed by atoms with van der Waals surface area (Å²) >= 11 is 18.0. The number of nitrogens with one attached hydrogen (secondary N) is 2. The van der Waals surface area contributed by atoms with Gasteiger partial charge >= 0.3 is 5.97 Å². The van der Waals surface area contributed by atoms with Crippen LogP contribution in [0.15, 0.2) is 35.2 Å². The Bertz CT molecular complexity index is 1120. The van der Waals surface area contributed by atoms with Gasteiger partial charge in [-0.1, -0.05) is 40.9 Å². The number of esters is 1. The third-order valence-corrected chi connectivity index (χ3v) is 6.93. The Morgan fingerprint density at radius 1 is 1.07 bits per heavy atom. The zero-order valence-corrected chi connectivity index (χ0v) is 18.8. The van der Waals surface area contributed by atoms with E-state index in [0.29, 0.717) is 10.7 Å². The number of sulfonamides is 1. The fourth-order valence-corrected chi connectivity index (χ4v) is 4.79. The summed E-state index contributed by atoms with van der Waals surface area (Å²) in [5, 5.41) is 2.80. The number of carbonyl (C=O) groups excluding carboxylic acids is 2. The average molecular weight is 492 g/mol. The van der Waals surface area contributed by atoms with Gasteiger partial charge in [0, 0.05) is 16.8 Å². The number of carbonyl (C=O) groups is 2. The average Bonchev–Trinajstić information content (AvgIpc) is 3.46. The minimum absolute atomic E-state index is 0.0962. The maximum atomic E-state index is 12.4. The molecular formula is C19H17Cl3N2O5S. The highest BCUT2D eigenvalue weighted by Gasteiger charge is 2.30. The third kappa shape index (κ3) is 5.65. The van der Waals surface area contributed by atoms with Crippen LogP contribution in [0.2, 0.25) is 15.1 Å². The Kier molecular flexibility index (Phi) is 6.94. The van der Waals surface area contributed by atoms with Gasteiger partial charge in [-0.15, -0.1) is 0 Å². The topological polar surface area (TPSA) is 102 Å². The Balaban J connectivity index is 1.69. The molecule has 1 saturated carbocycles. The van der Waals surface area contributed by atoms with Crippen LogP contribution in [0, 0.1) is 6.92 Å². The van der Waals surface area contributed by atoms with Gasteiger partial charge in [0.05, 0.1) is 15.6 Å². The summed E-state index contributed by atoms with van der Waals surface area (Å²) in [6.07, 6.45) is 1.47. The molecule has 160 valence electrons. The van der Waals surface area contributed by atoms with Gasteiger partial charge in [0.2, 0.25) is 10.0 Å². The lowest BCUT2D eigenvalue weighted by atomic mass is 10.2. The highest BCUT2D eigenvalue weighted by molar-refractivity contribution is 7.89. The van der Waals surface area contributed by atoms with E-state index in [0.717, 1.165) is 30.5 Å². The molecule has 2 N–H and O–H groups in total. The van der Waals surface area contributed by atoms with Crippen molar-refractivity contribution in [3.63, 3.8) is 0 Å². The summed E-state index contributed by atoms with van der Waals surface area (Å²) in [5.41, 5.74) is 1.07. The fraction of sp³-hybridized carbons (Fsp3) is 0.263. The van der Waals surface area contributed by atoms with E-state index in [1.165, 1.54) is 0 Å². The van der Waals surface area contributed by atoms with Crippen molar-refractivity contribution >= 4 is 62.4 Å². The molecule has 0 aromatic heterocycles. The van der Waals surface area contributed by atoms with E-state index in [4.69, 9.17) is 39.5 Å². The zero-order chi connectivity index (χ0) is 22.1. The molecule has 0 radical (unpaired) electrons. The first-order valence-electron chi connectivity index (χ1n) is 8.81. The van der Waals surface area contributed by atoms with Crippen molar-refractivity contribution in [2.24, 2.45) is 0 Å². The van der Waals surface area contributed by atoms with Crippen LogP contribution in [-0.2, 0) is 19.6 Å². The number of aryl methyl sites for hydroxylation is 1. The number of hydrogen-bond donors (Lipinski definition) is 2. The summed E-state index contributed by atoms with van der Waals surface area (Å²) in [4.78, 5) is 24.1. The molecule has 1 aliphatic carbocycles. The largest absolute Gasteiger partial charge is 0.452 e. The van der Waals surface area contributed by atoms with Gasteiger partial charge in [0.15, 0.2) is 6.61 Å². The molecule has 2 aromatic rings. The molecule has 1 fully saturated rings. The maximum Gasteiger partial charge on any atom is 0.340 e. The second kappa shape index (κ2) is 9.11. The smallest absolute Gasteiger partial charge is 0.340 e. The summed E-state index contributed by atoms with van der Waals surface area (Å²) in [7, 11) is -3.92. The van der Waals surface area contributed by atoms with Crippen molar-refractivity contribution in [3.05, 3.63) is 56.5 Å². The SMILES string of the molecule is Cc1ccc(NC(=O)COC(=O)c2cc(S(=O)(=O)NC3CC3)c(Cl)cc2Cl)cc1Cl. The van der Waals surface area contributed by atoms with Gasteiger partial charge in [0.25, 0.3) is 5.91 Å². The lowest BCUT2D eigenvalue weighted by molar-refractivity contribution is -0.119. The molecule has 3 rings (SSSR count). The van der Waals surface area contributed by atoms with Gasteiger partial charge in [-0.3, -0.25) is 4.79 Å². The van der Waals surface area contributed by atoms with E-state index < -0.39 is 28.5 Å². The van der Waals surface area contributed by atoms with Crippen LogP contribution in [0.3, 0.4) is 0 Å². The standard InChI is InChI=1S/C19H17Cl3N2O5S/c1-10-2-3-12(6-14(10)20)23-18(25)9-29-19(26)13-7-17(16(22)8-15(13)21)30(27,28)24-11-4-5-11/h2-3,6-8,11,24H,4-5,9H2,1H3,(H,23,25). The number of ether oxygens (including phenoxy) is 1. The number of benzene rings is 2. The van der Waals surface area contributed by atoms with E-state index in [2.05, 4.69) is 10.0 Å². The van der Waals surface area contributed by atoms with Gasteiger partial charge < -0.3 is 10.1 Å². The molecule has 0 saturated heterocycles. The number of anilines is 1. The van der Waals surface area contributed by atoms with E-state index in [9.17, 15) is 18.0 Å². The van der Waals surface area contributed by atoms with Crippen LogP contribution in [0.5, 0.6) is 0 Å². The fourth-order valence-electron chi connectivity index (χ4n) is 2.45. The molecule has 2 aromatic carbocycles. The van der Waals surface area contributed by atoms with E-state index >= 15 is 0 Å². The highest BCUT2D eigenvalue weighted by Crippen LogP contribution is 2.31. The van der Waals surface area contributed by atoms with Gasteiger partial charge in [0.1, 0.15) is 4.90 Å². The van der Waals surface area contributed by atoms with Gasteiger partial charge in [-0.2, -0.15) is 0 Å². The molecule has 7 nitrogen and oxygen atoms in total. The van der Waals surface area contributed by atoms with Crippen LogP contribution >= 0.6 is 34.8 Å². The highest BCUT2D eigenvalue weighted by atomic mass is 35.5. The first-order valence-corrected chi connectivity index (χ1v) is 11.4. The van der Waals surface area contributed by atoms with Gasteiger partial charge in [-0.05, 0) is 49.6 Å². The normalized spacial score (nSPS) is 13.7. The zero-order valence-electron chi connectivity index (χ0n) is 15.7. The second-order valence-corrected chi connectivity index (χ2v) is 9.65. The molecule has 1 aliphatic rings. The Hall–Kier alpha value is -1.84. The molecule has 30 heavy (non-hydrogen) atoms.